The van der Waals surface area contributed by atoms with Crippen molar-refractivity contribution in [1.29, 1.82) is 0 Å². The van der Waals surface area contributed by atoms with Crippen LogP contribution in [0.1, 0.15) is 58.8 Å². The first kappa shape index (κ1) is 14.5. The summed E-state index contributed by atoms with van der Waals surface area (Å²) in [6, 6.07) is 0. The third-order valence-electron chi connectivity index (χ3n) is 4.99. The first-order chi connectivity index (χ1) is 9.08. The van der Waals surface area contributed by atoms with Crippen LogP contribution in [-0.2, 0) is 9.59 Å². The van der Waals surface area contributed by atoms with Gasteiger partial charge in [0.2, 0.25) is 5.91 Å². The summed E-state index contributed by atoms with van der Waals surface area (Å²) in [7, 11) is 0. The maximum Gasteiger partial charge on any atom is 0.223 e. The Labute approximate surface area is 116 Å². The Morgan fingerprint density at radius 3 is 2.42 bits per heavy atom. The lowest BCUT2D eigenvalue weighted by atomic mass is 9.67. The maximum absolute atomic E-state index is 12.1. The van der Waals surface area contributed by atoms with E-state index >= 15 is 0 Å². The van der Waals surface area contributed by atoms with Crippen LogP contribution in [0.25, 0.3) is 0 Å². The summed E-state index contributed by atoms with van der Waals surface area (Å²) in [6.45, 7) is 3.96. The minimum absolute atomic E-state index is 0.00869. The molecule has 1 N–H and O–H groups in total. The average Bonchev–Trinajstić information content (AvgIpc) is 2.43. The number of amides is 1. The summed E-state index contributed by atoms with van der Waals surface area (Å²) in [5.41, 5.74) is 0. The van der Waals surface area contributed by atoms with Gasteiger partial charge < -0.3 is 5.32 Å². The molecule has 0 aliphatic heterocycles. The second kappa shape index (κ2) is 6.53. The molecule has 3 atom stereocenters. The molecule has 2 fully saturated rings. The van der Waals surface area contributed by atoms with Gasteiger partial charge in [-0.25, -0.2) is 0 Å². The van der Waals surface area contributed by atoms with E-state index in [0.29, 0.717) is 0 Å². The SMILES string of the molecule is CC(C)C(=O)CNC(=O)C1CCC2CCCCC2C1. The number of carbonyl (C=O) groups excluding carboxylic acids is 2. The molecule has 0 radical (unpaired) electrons. The summed E-state index contributed by atoms with van der Waals surface area (Å²) in [5, 5.41) is 2.84. The molecule has 108 valence electrons. The number of Topliss-reactive ketones (excluding diaryl/α,β-unsaturated/α-hetero) is 1. The molecule has 2 aliphatic carbocycles. The van der Waals surface area contributed by atoms with Gasteiger partial charge in [-0.05, 0) is 31.1 Å². The van der Waals surface area contributed by atoms with Gasteiger partial charge in [0.1, 0.15) is 0 Å². The lowest BCUT2D eigenvalue weighted by Crippen LogP contribution is -2.39. The van der Waals surface area contributed by atoms with Gasteiger partial charge in [0.15, 0.2) is 5.78 Å². The molecule has 0 spiro atoms. The lowest BCUT2D eigenvalue weighted by Gasteiger charge is -2.38. The minimum atomic E-state index is 0.00869. The van der Waals surface area contributed by atoms with Crippen LogP contribution < -0.4 is 5.32 Å². The molecule has 0 bridgehead atoms. The Morgan fingerprint density at radius 2 is 1.74 bits per heavy atom. The Morgan fingerprint density at radius 1 is 1.05 bits per heavy atom. The maximum atomic E-state index is 12.1. The van der Waals surface area contributed by atoms with Crippen LogP contribution in [0, 0.1) is 23.7 Å². The molecular weight excluding hydrogens is 238 g/mol. The van der Waals surface area contributed by atoms with Gasteiger partial charge in [0.05, 0.1) is 6.54 Å². The molecule has 0 aromatic heterocycles. The number of fused-ring (bicyclic) bond motifs is 1. The number of hydrogen-bond acceptors (Lipinski definition) is 2. The van der Waals surface area contributed by atoms with Crippen LogP contribution in [-0.4, -0.2) is 18.2 Å². The second-order valence-corrected chi connectivity index (χ2v) is 6.65. The molecule has 0 aromatic rings. The van der Waals surface area contributed by atoms with E-state index in [0.717, 1.165) is 24.7 Å². The zero-order chi connectivity index (χ0) is 13.8. The molecule has 0 saturated heterocycles. The van der Waals surface area contributed by atoms with Gasteiger partial charge in [0.25, 0.3) is 0 Å². The van der Waals surface area contributed by atoms with Gasteiger partial charge in [-0.3, -0.25) is 9.59 Å². The zero-order valence-corrected chi connectivity index (χ0v) is 12.3. The molecule has 2 saturated carbocycles. The van der Waals surface area contributed by atoms with Crippen LogP contribution in [0.15, 0.2) is 0 Å². The minimum Gasteiger partial charge on any atom is -0.349 e. The van der Waals surface area contributed by atoms with Crippen LogP contribution in [0.2, 0.25) is 0 Å². The van der Waals surface area contributed by atoms with Gasteiger partial charge in [0, 0.05) is 11.8 Å². The van der Waals surface area contributed by atoms with Crippen molar-refractivity contribution < 1.29 is 9.59 Å². The molecule has 2 aliphatic rings. The largest absolute Gasteiger partial charge is 0.349 e. The Kier molecular flexibility index (Phi) is 5.00. The summed E-state index contributed by atoms with van der Waals surface area (Å²) >= 11 is 0. The van der Waals surface area contributed by atoms with E-state index in [1.165, 1.54) is 32.1 Å². The first-order valence-electron chi connectivity index (χ1n) is 7.88. The fraction of sp³-hybridized carbons (Fsp3) is 0.875. The summed E-state index contributed by atoms with van der Waals surface area (Å²) in [5.74, 6) is 2.03. The van der Waals surface area contributed by atoms with Crippen LogP contribution in [0.3, 0.4) is 0 Å². The van der Waals surface area contributed by atoms with E-state index in [1.807, 2.05) is 13.8 Å². The average molecular weight is 265 g/mol. The Hall–Kier alpha value is -0.860. The number of nitrogens with one attached hydrogen (secondary N) is 1. The van der Waals surface area contributed by atoms with Crippen molar-refractivity contribution in [3.8, 4) is 0 Å². The van der Waals surface area contributed by atoms with Crippen LogP contribution in [0.4, 0.5) is 0 Å². The highest BCUT2D eigenvalue weighted by Crippen LogP contribution is 2.42. The molecule has 3 nitrogen and oxygen atoms in total. The van der Waals surface area contributed by atoms with Crippen molar-refractivity contribution in [3.63, 3.8) is 0 Å². The molecular formula is C16H27NO2. The van der Waals surface area contributed by atoms with Crippen LogP contribution in [0.5, 0.6) is 0 Å². The Balaban J connectivity index is 1.78. The monoisotopic (exact) mass is 265 g/mol. The van der Waals surface area contributed by atoms with Gasteiger partial charge in [-0.1, -0.05) is 39.5 Å². The summed E-state index contributed by atoms with van der Waals surface area (Å²) in [6.07, 6.45) is 8.66. The standard InChI is InChI=1S/C16H27NO2/c1-11(2)15(18)10-17-16(19)14-8-7-12-5-3-4-6-13(12)9-14/h11-14H,3-10H2,1-2H3,(H,17,19). The predicted molar refractivity (Wildman–Crippen MR) is 75.6 cm³/mol. The van der Waals surface area contributed by atoms with Gasteiger partial charge in [-0.2, -0.15) is 0 Å². The highest BCUT2D eigenvalue weighted by Gasteiger charge is 2.34. The summed E-state index contributed by atoms with van der Waals surface area (Å²) in [4.78, 5) is 23.7. The summed E-state index contributed by atoms with van der Waals surface area (Å²) < 4.78 is 0. The molecule has 1 amide bonds. The first-order valence-corrected chi connectivity index (χ1v) is 7.88. The highest BCUT2D eigenvalue weighted by atomic mass is 16.2. The van der Waals surface area contributed by atoms with Gasteiger partial charge in [-0.15, -0.1) is 0 Å². The normalized spacial score (nSPS) is 30.8. The number of rotatable bonds is 4. The third-order valence-corrected chi connectivity index (χ3v) is 4.99. The molecule has 3 unspecified atom stereocenters. The number of hydrogen-bond donors (Lipinski definition) is 1. The molecule has 0 heterocycles. The van der Waals surface area contributed by atoms with E-state index in [1.54, 1.807) is 0 Å². The fourth-order valence-corrected chi connectivity index (χ4v) is 3.63. The van der Waals surface area contributed by atoms with E-state index in [4.69, 9.17) is 0 Å². The zero-order valence-electron chi connectivity index (χ0n) is 12.3. The van der Waals surface area contributed by atoms with Crippen molar-refractivity contribution in [2.24, 2.45) is 23.7 Å². The van der Waals surface area contributed by atoms with E-state index in [2.05, 4.69) is 5.32 Å². The topological polar surface area (TPSA) is 46.2 Å². The van der Waals surface area contributed by atoms with Crippen LogP contribution >= 0.6 is 0 Å². The van der Waals surface area contributed by atoms with E-state index in [9.17, 15) is 9.59 Å². The third kappa shape index (κ3) is 3.80. The highest BCUT2D eigenvalue weighted by molar-refractivity contribution is 5.87. The Bertz CT molecular complexity index is 338. The van der Waals surface area contributed by atoms with E-state index in [-0.39, 0.29) is 30.1 Å². The molecule has 3 heteroatoms. The van der Waals surface area contributed by atoms with Crippen molar-refractivity contribution in [3.05, 3.63) is 0 Å². The van der Waals surface area contributed by atoms with Crippen molar-refractivity contribution in [1.82, 2.24) is 5.32 Å². The van der Waals surface area contributed by atoms with E-state index < -0.39 is 0 Å². The predicted octanol–water partition coefficient (Wildman–Crippen LogP) is 2.93. The quantitative estimate of drug-likeness (QED) is 0.849. The molecule has 0 aromatic carbocycles. The van der Waals surface area contributed by atoms with Crippen molar-refractivity contribution >= 4 is 11.7 Å². The lowest BCUT2D eigenvalue weighted by molar-refractivity contribution is -0.130. The smallest absolute Gasteiger partial charge is 0.223 e. The molecule has 19 heavy (non-hydrogen) atoms. The van der Waals surface area contributed by atoms with Crippen molar-refractivity contribution in [2.75, 3.05) is 6.54 Å². The number of carbonyl (C=O) groups is 2. The molecule has 2 rings (SSSR count). The number of ketones is 1. The fourth-order valence-electron chi connectivity index (χ4n) is 3.63. The van der Waals surface area contributed by atoms with Crippen molar-refractivity contribution in [2.45, 2.75) is 58.8 Å². The van der Waals surface area contributed by atoms with Gasteiger partial charge >= 0.3 is 0 Å². The second-order valence-electron chi connectivity index (χ2n) is 6.65.